The maximum absolute atomic E-state index is 14.5. The quantitative estimate of drug-likeness (QED) is 0.554. The van der Waals surface area contributed by atoms with Crippen molar-refractivity contribution in [3.05, 3.63) is 89.7 Å². The average molecular weight is 482 g/mol. The first-order valence-electron chi connectivity index (χ1n) is 11.3. The largest absolute Gasteiger partial charge is 0.369 e. The first-order valence-corrected chi connectivity index (χ1v) is 12.7. The normalized spacial score (nSPS) is 14.9. The van der Waals surface area contributed by atoms with Crippen LogP contribution in [0.3, 0.4) is 0 Å². The zero-order valence-corrected chi connectivity index (χ0v) is 20.1. The Morgan fingerprint density at radius 1 is 0.912 bits per heavy atom. The van der Waals surface area contributed by atoms with Crippen LogP contribution >= 0.6 is 0 Å². The number of anilines is 2. The van der Waals surface area contributed by atoms with Crippen LogP contribution in [-0.2, 0) is 10.0 Å². The molecule has 4 rings (SSSR count). The number of rotatable bonds is 6. The lowest BCUT2D eigenvalue weighted by Gasteiger charge is -2.35. The lowest BCUT2D eigenvalue weighted by atomic mass is 10.0. The monoisotopic (exact) mass is 481 g/mol. The molecular weight excluding hydrogens is 453 g/mol. The average Bonchev–Trinajstić information content (AvgIpc) is 2.85. The number of hydrogen-bond donors (Lipinski definition) is 1. The molecular formula is C26H28FN3O3S. The van der Waals surface area contributed by atoms with Gasteiger partial charge in [0.25, 0.3) is 5.91 Å². The highest BCUT2D eigenvalue weighted by atomic mass is 32.2. The second kappa shape index (κ2) is 9.95. The molecule has 0 saturated carbocycles. The van der Waals surface area contributed by atoms with Crippen molar-refractivity contribution < 1.29 is 17.6 Å². The van der Waals surface area contributed by atoms with Crippen molar-refractivity contribution in [3.8, 4) is 0 Å². The summed E-state index contributed by atoms with van der Waals surface area (Å²) in [4.78, 5) is 14.8. The Kier molecular flexibility index (Phi) is 7.00. The third kappa shape index (κ3) is 5.13. The molecule has 0 aromatic heterocycles. The number of sulfonamides is 1. The number of hydrogen-bond acceptors (Lipinski definition) is 4. The minimum Gasteiger partial charge on any atom is -0.369 e. The summed E-state index contributed by atoms with van der Waals surface area (Å²) < 4.78 is 42.3. The molecule has 0 unspecified atom stereocenters. The Morgan fingerprint density at radius 2 is 1.56 bits per heavy atom. The molecule has 3 aromatic carbocycles. The third-order valence-corrected chi connectivity index (χ3v) is 7.91. The van der Waals surface area contributed by atoms with E-state index in [0.29, 0.717) is 37.8 Å². The summed E-state index contributed by atoms with van der Waals surface area (Å²) in [6.07, 6.45) is 0. The van der Waals surface area contributed by atoms with E-state index in [4.69, 9.17) is 0 Å². The Bertz CT molecular complexity index is 1250. The molecule has 34 heavy (non-hydrogen) atoms. The van der Waals surface area contributed by atoms with Crippen molar-refractivity contribution >= 4 is 27.3 Å². The number of para-hydroxylation sites is 1. The van der Waals surface area contributed by atoms with Gasteiger partial charge in [-0.2, -0.15) is 4.31 Å². The molecule has 0 atom stereocenters. The highest BCUT2D eigenvalue weighted by Gasteiger charge is 2.30. The Hall–Kier alpha value is -3.23. The fourth-order valence-electron chi connectivity index (χ4n) is 3.96. The van der Waals surface area contributed by atoms with Crippen molar-refractivity contribution in [2.75, 3.05) is 36.4 Å². The highest BCUT2D eigenvalue weighted by molar-refractivity contribution is 7.89. The molecule has 0 bridgehead atoms. The minimum absolute atomic E-state index is 0.0950. The van der Waals surface area contributed by atoms with E-state index in [2.05, 4.69) is 24.1 Å². The first-order chi connectivity index (χ1) is 16.3. The van der Waals surface area contributed by atoms with Gasteiger partial charge in [-0.25, -0.2) is 12.8 Å². The molecule has 0 radical (unpaired) electrons. The van der Waals surface area contributed by atoms with Gasteiger partial charge in [0.05, 0.1) is 10.5 Å². The molecule has 8 heteroatoms. The zero-order chi connectivity index (χ0) is 24.3. The highest BCUT2D eigenvalue weighted by Crippen LogP contribution is 2.24. The Balaban J connectivity index is 1.49. The summed E-state index contributed by atoms with van der Waals surface area (Å²) in [6.45, 7) is 5.83. The number of benzene rings is 3. The molecule has 3 aromatic rings. The maximum Gasteiger partial charge on any atom is 0.258 e. The third-order valence-electron chi connectivity index (χ3n) is 6.02. The van der Waals surface area contributed by atoms with E-state index in [1.54, 1.807) is 12.1 Å². The van der Waals surface area contributed by atoms with Gasteiger partial charge in [-0.05, 0) is 53.9 Å². The van der Waals surface area contributed by atoms with Crippen molar-refractivity contribution in [1.82, 2.24) is 4.31 Å². The molecule has 0 spiro atoms. The number of amides is 1. The van der Waals surface area contributed by atoms with Gasteiger partial charge >= 0.3 is 0 Å². The van der Waals surface area contributed by atoms with Crippen LogP contribution in [0.5, 0.6) is 0 Å². The number of piperazine rings is 1. The van der Waals surface area contributed by atoms with E-state index in [1.165, 1.54) is 10.4 Å². The van der Waals surface area contributed by atoms with Crippen LogP contribution in [0.25, 0.3) is 0 Å². The fraction of sp³-hybridized carbons (Fsp3) is 0.269. The molecule has 6 nitrogen and oxygen atoms in total. The first kappa shape index (κ1) is 23.9. The summed E-state index contributed by atoms with van der Waals surface area (Å²) in [5.74, 6) is -1.12. The van der Waals surface area contributed by atoms with E-state index in [0.717, 1.165) is 23.4 Å². The fourth-order valence-corrected chi connectivity index (χ4v) is 5.41. The molecule has 1 aliphatic heterocycles. The van der Waals surface area contributed by atoms with Crippen molar-refractivity contribution in [3.63, 3.8) is 0 Å². The minimum atomic E-state index is -3.87. The Labute approximate surface area is 200 Å². The van der Waals surface area contributed by atoms with Crippen LogP contribution in [0.15, 0.2) is 77.7 Å². The molecule has 1 amide bonds. The molecule has 1 saturated heterocycles. The standard InChI is InChI=1S/C26H28FN3O3S/c1-19(2)20-8-10-21(11-9-20)28-26(31)24-18-23(12-13-25(24)27)34(32,33)30-16-14-29(15-17-30)22-6-4-3-5-7-22/h3-13,18-19H,14-17H2,1-2H3,(H,28,31). The summed E-state index contributed by atoms with van der Waals surface area (Å²) in [5.41, 5.74) is 2.36. The van der Waals surface area contributed by atoms with Gasteiger partial charge in [0.2, 0.25) is 10.0 Å². The summed E-state index contributed by atoms with van der Waals surface area (Å²) in [7, 11) is -3.87. The van der Waals surface area contributed by atoms with Crippen LogP contribution in [0.2, 0.25) is 0 Å². The van der Waals surface area contributed by atoms with E-state index in [1.807, 2.05) is 42.5 Å². The number of halogens is 1. The summed E-state index contributed by atoms with van der Waals surface area (Å²) >= 11 is 0. The van der Waals surface area contributed by atoms with E-state index in [9.17, 15) is 17.6 Å². The summed E-state index contributed by atoms with van der Waals surface area (Å²) in [5, 5.41) is 2.65. The molecule has 1 N–H and O–H groups in total. The van der Waals surface area contributed by atoms with Gasteiger partial charge in [0.1, 0.15) is 5.82 Å². The number of carbonyl (C=O) groups excluding carboxylic acids is 1. The van der Waals surface area contributed by atoms with Crippen molar-refractivity contribution in [2.24, 2.45) is 0 Å². The van der Waals surface area contributed by atoms with Gasteiger partial charge in [0.15, 0.2) is 0 Å². The van der Waals surface area contributed by atoms with Crippen LogP contribution in [-0.4, -0.2) is 44.8 Å². The molecule has 0 aliphatic carbocycles. The molecule has 178 valence electrons. The van der Waals surface area contributed by atoms with E-state index in [-0.39, 0.29) is 10.5 Å². The second-order valence-electron chi connectivity index (χ2n) is 8.60. The maximum atomic E-state index is 14.5. The van der Waals surface area contributed by atoms with Gasteiger partial charge in [-0.3, -0.25) is 4.79 Å². The molecule has 1 fully saturated rings. The number of nitrogens with zero attached hydrogens (tertiary/aromatic N) is 2. The van der Waals surface area contributed by atoms with E-state index >= 15 is 0 Å². The second-order valence-corrected chi connectivity index (χ2v) is 10.5. The SMILES string of the molecule is CC(C)c1ccc(NC(=O)c2cc(S(=O)(=O)N3CCN(c4ccccc4)CC3)ccc2F)cc1. The lowest BCUT2D eigenvalue weighted by molar-refractivity contribution is 0.102. The van der Waals surface area contributed by atoms with Crippen LogP contribution in [0, 0.1) is 5.82 Å². The van der Waals surface area contributed by atoms with Gasteiger partial charge in [-0.1, -0.05) is 44.2 Å². The lowest BCUT2D eigenvalue weighted by Crippen LogP contribution is -2.48. The van der Waals surface area contributed by atoms with Crippen LogP contribution in [0.4, 0.5) is 15.8 Å². The van der Waals surface area contributed by atoms with Crippen LogP contribution < -0.4 is 10.2 Å². The van der Waals surface area contributed by atoms with Crippen LogP contribution in [0.1, 0.15) is 35.7 Å². The molecule has 1 heterocycles. The predicted molar refractivity (Wildman–Crippen MR) is 132 cm³/mol. The topological polar surface area (TPSA) is 69.7 Å². The van der Waals surface area contributed by atoms with Crippen molar-refractivity contribution in [1.29, 1.82) is 0 Å². The van der Waals surface area contributed by atoms with Gasteiger partial charge < -0.3 is 10.2 Å². The van der Waals surface area contributed by atoms with Crippen molar-refractivity contribution in [2.45, 2.75) is 24.7 Å². The number of nitrogens with one attached hydrogen (secondary N) is 1. The van der Waals surface area contributed by atoms with Gasteiger partial charge in [-0.15, -0.1) is 0 Å². The zero-order valence-electron chi connectivity index (χ0n) is 19.2. The Morgan fingerprint density at radius 3 is 2.18 bits per heavy atom. The van der Waals surface area contributed by atoms with E-state index < -0.39 is 21.7 Å². The smallest absolute Gasteiger partial charge is 0.258 e. The number of carbonyl (C=O) groups is 1. The summed E-state index contributed by atoms with van der Waals surface area (Å²) in [6, 6.07) is 20.5. The predicted octanol–water partition coefficient (Wildman–Crippen LogP) is 4.71. The molecule has 1 aliphatic rings. The van der Waals surface area contributed by atoms with Gasteiger partial charge in [0, 0.05) is 37.6 Å².